The van der Waals surface area contributed by atoms with Crippen molar-refractivity contribution in [3.05, 3.63) is 16.1 Å². The van der Waals surface area contributed by atoms with Gasteiger partial charge in [0, 0.05) is 31.8 Å². The number of aryl methyl sites for hydroxylation is 1. The zero-order valence-electron chi connectivity index (χ0n) is 8.49. The first kappa shape index (κ1) is 10.1. The molecule has 0 atom stereocenters. The van der Waals surface area contributed by atoms with Crippen molar-refractivity contribution in [1.82, 2.24) is 4.98 Å². The molecule has 0 bridgehead atoms. The van der Waals surface area contributed by atoms with Gasteiger partial charge in [0.25, 0.3) is 0 Å². The lowest BCUT2D eigenvalue weighted by Gasteiger charge is -2.42. The lowest BCUT2D eigenvalue weighted by molar-refractivity contribution is -0.126. The van der Waals surface area contributed by atoms with Crippen molar-refractivity contribution in [2.24, 2.45) is 0 Å². The lowest BCUT2D eigenvalue weighted by atomic mass is 9.75. The van der Waals surface area contributed by atoms with Gasteiger partial charge < -0.3 is 9.84 Å². The summed E-state index contributed by atoms with van der Waals surface area (Å²) in [7, 11) is 1.69. The minimum absolute atomic E-state index is 0.236. The minimum atomic E-state index is -0.568. The maximum atomic E-state index is 10.1. The second-order valence-corrected chi connectivity index (χ2v) is 5.09. The Morgan fingerprint density at radius 3 is 2.93 bits per heavy atom. The highest BCUT2D eigenvalue weighted by Crippen LogP contribution is 2.36. The molecule has 4 heteroatoms. The summed E-state index contributed by atoms with van der Waals surface area (Å²) in [6.07, 6.45) is 2.37. The number of methoxy groups -OCH3 is 1. The van der Waals surface area contributed by atoms with E-state index in [9.17, 15) is 5.11 Å². The predicted molar refractivity (Wildman–Crippen MR) is 55.5 cm³/mol. The van der Waals surface area contributed by atoms with Gasteiger partial charge in [-0.25, -0.2) is 4.98 Å². The van der Waals surface area contributed by atoms with E-state index in [1.165, 1.54) is 0 Å². The molecule has 0 aromatic carbocycles. The Kier molecular flexibility index (Phi) is 2.60. The summed E-state index contributed by atoms with van der Waals surface area (Å²) in [6, 6.07) is 0. The van der Waals surface area contributed by atoms with Crippen LogP contribution in [-0.2, 0) is 11.2 Å². The molecular weight excluding hydrogens is 198 g/mol. The average Bonchev–Trinajstić information content (AvgIpc) is 2.46. The SMILES string of the molecule is COC1CC(O)(Cc2csc(C)n2)C1. The topological polar surface area (TPSA) is 42.4 Å². The average molecular weight is 213 g/mol. The first-order valence-electron chi connectivity index (χ1n) is 4.77. The van der Waals surface area contributed by atoms with Gasteiger partial charge in [-0.3, -0.25) is 0 Å². The Morgan fingerprint density at radius 1 is 1.71 bits per heavy atom. The molecule has 1 heterocycles. The Balaban J connectivity index is 1.93. The maximum absolute atomic E-state index is 10.1. The monoisotopic (exact) mass is 213 g/mol. The van der Waals surface area contributed by atoms with Crippen molar-refractivity contribution < 1.29 is 9.84 Å². The van der Waals surface area contributed by atoms with Crippen molar-refractivity contribution in [1.29, 1.82) is 0 Å². The highest BCUT2D eigenvalue weighted by Gasteiger charge is 2.43. The molecule has 0 saturated heterocycles. The molecule has 1 aromatic heterocycles. The number of ether oxygens (including phenoxy) is 1. The van der Waals surface area contributed by atoms with Crippen molar-refractivity contribution in [2.45, 2.75) is 37.9 Å². The van der Waals surface area contributed by atoms with E-state index in [0.717, 1.165) is 23.5 Å². The quantitative estimate of drug-likeness (QED) is 0.828. The van der Waals surface area contributed by atoms with Crippen LogP contribution in [0.5, 0.6) is 0 Å². The molecule has 1 N–H and O–H groups in total. The van der Waals surface area contributed by atoms with Crippen LogP contribution in [0.25, 0.3) is 0 Å². The van der Waals surface area contributed by atoms with Crippen LogP contribution in [0, 0.1) is 6.92 Å². The smallest absolute Gasteiger partial charge is 0.0897 e. The lowest BCUT2D eigenvalue weighted by Crippen LogP contribution is -2.49. The molecule has 2 rings (SSSR count). The summed E-state index contributed by atoms with van der Waals surface area (Å²) < 4.78 is 5.15. The maximum Gasteiger partial charge on any atom is 0.0897 e. The fourth-order valence-electron chi connectivity index (χ4n) is 1.93. The van der Waals surface area contributed by atoms with Crippen LogP contribution in [0.15, 0.2) is 5.38 Å². The molecule has 0 spiro atoms. The van der Waals surface area contributed by atoms with Crippen LogP contribution in [0.4, 0.5) is 0 Å². The first-order valence-corrected chi connectivity index (χ1v) is 5.65. The standard InChI is InChI=1S/C10H15NO2S/c1-7-11-8(6-14-7)3-10(12)4-9(5-10)13-2/h6,9,12H,3-5H2,1-2H3. The number of rotatable bonds is 3. The molecule has 1 aliphatic rings. The summed E-state index contributed by atoms with van der Waals surface area (Å²) in [6.45, 7) is 1.98. The van der Waals surface area contributed by atoms with Crippen molar-refractivity contribution in [3.8, 4) is 0 Å². The summed E-state index contributed by atoms with van der Waals surface area (Å²) in [5.74, 6) is 0. The van der Waals surface area contributed by atoms with Gasteiger partial charge in [0.2, 0.25) is 0 Å². The number of nitrogens with zero attached hydrogens (tertiary/aromatic N) is 1. The summed E-state index contributed by atoms with van der Waals surface area (Å²) in [4.78, 5) is 4.35. The molecule has 0 amide bonds. The molecule has 1 saturated carbocycles. The van der Waals surface area contributed by atoms with Gasteiger partial charge in [0.1, 0.15) is 0 Å². The summed E-state index contributed by atoms with van der Waals surface area (Å²) in [5, 5.41) is 13.1. The molecule has 1 fully saturated rings. The minimum Gasteiger partial charge on any atom is -0.389 e. The van der Waals surface area contributed by atoms with E-state index in [4.69, 9.17) is 4.74 Å². The van der Waals surface area contributed by atoms with E-state index >= 15 is 0 Å². The third kappa shape index (κ3) is 1.97. The third-order valence-corrected chi connectivity index (χ3v) is 3.55. The van der Waals surface area contributed by atoms with Crippen molar-refractivity contribution in [3.63, 3.8) is 0 Å². The zero-order chi connectivity index (χ0) is 10.2. The fourth-order valence-corrected chi connectivity index (χ4v) is 2.54. The second kappa shape index (κ2) is 3.61. The summed E-state index contributed by atoms with van der Waals surface area (Å²) in [5.41, 5.74) is 0.436. The number of aliphatic hydroxyl groups is 1. The van der Waals surface area contributed by atoms with Gasteiger partial charge in [-0.15, -0.1) is 11.3 Å². The van der Waals surface area contributed by atoms with E-state index < -0.39 is 5.60 Å². The van der Waals surface area contributed by atoms with E-state index in [2.05, 4.69) is 4.98 Å². The predicted octanol–water partition coefficient (Wildman–Crippen LogP) is 1.53. The molecule has 0 unspecified atom stereocenters. The van der Waals surface area contributed by atoms with Gasteiger partial charge in [0.15, 0.2) is 0 Å². The van der Waals surface area contributed by atoms with E-state index in [0.29, 0.717) is 6.42 Å². The van der Waals surface area contributed by atoms with E-state index in [-0.39, 0.29) is 6.10 Å². The molecule has 0 radical (unpaired) electrons. The van der Waals surface area contributed by atoms with E-state index in [1.807, 2.05) is 12.3 Å². The number of hydrogen-bond donors (Lipinski definition) is 1. The Hall–Kier alpha value is -0.450. The number of aromatic nitrogens is 1. The number of thiazole rings is 1. The Labute approximate surface area is 87.7 Å². The van der Waals surface area contributed by atoms with Crippen molar-refractivity contribution in [2.75, 3.05) is 7.11 Å². The van der Waals surface area contributed by atoms with Gasteiger partial charge in [-0.1, -0.05) is 0 Å². The highest BCUT2D eigenvalue weighted by molar-refractivity contribution is 7.09. The molecule has 78 valence electrons. The number of hydrogen-bond acceptors (Lipinski definition) is 4. The first-order chi connectivity index (χ1) is 6.61. The molecule has 3 nitrogen and oxygen atoms in total. The van der Waals surface area contributed by atoms with Gasteiger partial charge in [0.05, 0.1) is 22.4 Å². The highest BCUT2D eigenvalue weighted by atomic mass is 32.1. The largest absolute Gasteiger partial charge is 0.389 e. The normalized spacial score (nSPS) is 31.5. The zero-order valence-corrected chi connectivity index (χ0v) is 9.30. The van der Waals surface area contributed by atoms with Crippen LogP contribution in [-0.4, -0.2) is 28.9 Å². The summed E-state index contributed by atoms with van der Waals surface area (Å²) >= 11 is 1.63. The van der Waals surface area contributed by atoms with Crippen LogP contribution in [0.1, 0.15) is 23.5 Å². The Bertz CT molecular complexity index is 318. The molecule has 1 aliphatic carbocycles. The van der Waals surface area contributed by atoms with Crippen molar-refractivity contribution >= 4 is 11.3 Å². The second-order valence-electron chi connectivity index (χ2n) is 4.02. The van der Waals surface area contributed by atoms with Crippen LogP contribution >= 0.6 is 11.3 Å². The Morgan fingerprint density at radius 2 is 2.43 bits per heavy atom. The van der Waals surface area contributed by atoms with Crippen LogP contribution < -0.4 is 0 Å². The van der Waals surface area contributed by atoms with Crippen LogP contribution in [0.3, 0.4) is 0 Å². The molecule has 1 aromatic rings. The fraction of sp³-hybridized carbons (Fsp3) is 0.700. The van der Waals surface area contributed by atoms with Gasteiger partial charge in [-0.2, -0.15) is 0 Å². The van der Waals surface area contributed by atoms with Crippen LogP contribution in [0.2, 0.25) is 0 Å². The van der Waals surface area contributed by atoms with Gasteiger partial charge >= 0.3 is 0 Å². The van der Waals surface area contributed by atoms with E-state index in [1.54, 1.807) is 18.4 Å². The third-order valence-electron chi connectivity index (χ3n) is 2.73. The molecular formula is C10H15NO2S. The van der Waals surface area contributed by atoms with Gasteiger partial charge in [-0.05, 0) is 6.92 Å². The molecule has 0 aliphatic heterocycles. The molecule has 14 heavy (non-hydrogen) atoms.